The lowest BCUT2D eigenvalue weighted by Crippen LogP contribution is -2.22. The van der Waals surface area contributed by atoms with E-state index in [-0.39, 0.29) is 0 Å². The highest BCUT2D eigenvalue weighted by atomic mass is 15.2. The minimum atomic E-state index is 0.645. The zero-order valence-electron chi connectivity index (χ0n) is 12.0. The summed E-state index contributed by atoms with van der Waals surface area (Å²) in [6, 6.07) is 8.28. The van der Waals surface area contributed by atoms with Crippen molar-refractivity contribution in [2.45, 2.75) is 32.9 Å². The Hall–Kier alpha value is -1.39. The maximum Gasteiger partial charge on any atom is 0.124 e. The van der Waals surface area contributed by atoms with E-state index in [2.05, 4.69) is 41.6 Å². The SMILES string of the molecule is CCCCN(C)Cc1nc2ccccc2n1CCN. The van der Waals surface area contributed by atoms with Crippen molar-refractivity contribution in [3.8, 4) is 0 Å². The molecule has 0 saturated carbocycles. The third-order valence-corrected chi connectivity index (χ3v) is 3.39. The van der Waals surface area contributed by atoms with Crippen molar-refractivity contribution in [1.29, 1.82) is 0 Å². The highest BCUT2D eigenvalue weighted by molar-refractivity contribution is 5.75. The molecule has 0 aliphatic heterocycles. The van der Waals surface area contributed by atoms with Gasteiger partial charge < -0.3 is 10.3 Å². The van der Waals surface area contributed by atoms with E-state index < -0.39 is 0 Å². The molecule has 2 rings (SSSR count). The first-order chi connectivity index (χ1) is 9.26. The predicted molar refractivity (Wildman–Crippen MR) is 80.0 cm³/mol. The monoisotopic (exact) mass is 260 g/mol. The maximum absolute atomic E-state index is 5.73. The van der Waals surface area contributed by atoms with Gasteiger partial charge in [-0.2, -0.15) is 0 Å². The van der Waals surface area contributed by atoms with Crippen LogP contribution in [-0.2, 0) is 13.1 Å². The second kappa shape index (κ2) is 6.68. The fraction of sp³-hybridized carbons (Fsp3) is 0.533. The minimum Gasteiger partial charge on any atom is -0.329 e. The van der Waals surface area contributed by atoms with Crippen LogP contribution in [0.4, 0.5) is 0 Å². The number of rotatable bonds is 7. The number of imidazole rings is 1. The van der Waals surface area contributed by atoms with Crippen LogP contribution >= 0.6 is 0 Å². The molecular formula is C15H24N4. The van der Waals surface area contributed by atoms with Gasteiger partial charge in [0.2, 0.25) is 0 Å². The van der Waals surface area contributed by atoms with Crippen LogP contribution in [0.3, 0.4) is 0 Å². The number of para-hydroxylation sites is 2. The highest BCUT2D eigenvalue weighted by Crippen LogP contribution is 2.16. The van der Waals surface area contributed by atoms with Gasteiger partial charge >= 0.3 is 0 Å². The molecule has 2 N–H and O–H groups in total. The average molecular weight is 260 g/mol. The lowest BCUT2D eigenvalue weighted by atomic mass is 10.3. The van der Waals surface area contributed by atoms with Crippen molar-refractivity contribution >= 4 is 11.0 Å². The molecule has 0 bridgehead atoms. The first kappa shape index (κ1) is 14.0. The van der Waals surface area contributed by atoms with Gasteiger partial charge in [-0.3, -0.25) is 4.90 Å². The normalized spacial score (nSPS) is 11.6. The summed E-state index contributed by atoms with van der Waals surface area (Å²) in [5.74, 6) is 1.12. The molecule has 0 fully saturated rings. The van der Waals surface area contributed by atoms with Crippen LogP contribution in [-0.4, -0.2) is 34.6 Å². The summed E-state index contributed by atoms with van der Waals surface area (Å²) in [6.07, 6.45) is 2.46. The minimum absolute atomic E-state index is 0.645. The number of aromatic nitrogens is 2. The molecule has 0 spiro atoms. The Morgan fingerprint density at radius 1 is 1.32 bits per heavy atom. The van der Waals surface area contributed by atoms with Crippen molar-refractivity contribution in [3.05, 3.63) is 30.1 Å². The molecule has 19 heavy (non-hydrogen) atoms. The predicted octanol–water partition coefficient (Wildman–Crippen LogP) is 2.23. The molecule has 0 aliphatic rings. The van der Waals surface area contributed by atoms with E-state index in [0.717, 1.165) is 31.0 Å². The summed E-state index contributed by atoms with van der Waals surface area (Å²) in [7, 11) is 2.15. The quantitative estimate of drug-likeness (QED) is 0.830. The number of nitrogens with two attached hydrogens (primary N) is 1. The number of hydrogen-bond donors (Lipinski definition) is 1. The third-order valence-electron chi connectivity index (χ3n) is 3.39. The summed E-state index contributed by atoms with van der Waals surface area (Å²) in [4.78, 5) is 7.08. The molecular weight excluding hydrogens is 236 g/mol. The van der Waals surface area contributed by atoms with Crippen LogP contribution < -0.4 is 5.73 Å². The van der Waals surface area contributed by atoms with E-state index in [4.69, 9.17) is 10.7 Å². The standard InChI is InChI=1S/C15H24N4/c1-3-4-10-18(2)12-15-17-13-7-5-6-8-14(13)19(15)11-9-16/h5-8H,3-4,9-12,16H2,1-2H3. The Bertz CT molecular complexity index is 518. The van der Waals surface area contributed by atoms with Crippen LogP contribution in [0, 0.1) is 0 Å². The topological polar surface area (TPSA) is 47.1 Å². The summed E-state index contributed by atoms with van der Waals surface area (Å²) >= 11 is 0. The lowest BCUT2D eigenvalue weighted by Gasteiger charge is -2.16. The third kappa shape index (κ3) is 3.33. The van der Waals surface area contributed by atoms with Gasteiger partial charge in [-0.05, 0) is 32.1 Å². The van der Waals surface area contributed by atoms with Crippen molar-refractivity contribution < 1.29 is 0 Å². The second-order valence-corrected chi connectivity index (χ2v) is 5.05. The number of hydrogen-bond acceptors (Lipinski definition) is 3. The first-order valence-corrected chi connectivity index (χ1v) is 7.09. The summed E-state index contributed by atoms with van der Waals surface area (Å²) < 4.78 is 2.25. The highest BCUT2D eigenvalue weighted by Gasteiger charge is 2.11. The summed E-state index contributed by atoms with van der Waals surface area (Å²) in [6.45, 7) is 5.69. The van der Waals surface area contributed by atoms with E-state index in [9.17, 15) is 0 Å². The zero-order chi connectivity index (χ0) is 13.7. The van der Waals surface area contributed by atoms with Gasteiger partial charge in [0.15, 0.2) is 0 Å². The lowest BCUT2D eigenvalue weighted by molar-refractivity contribution is 0.308. The fourth-order valence-corrected chi connectivity index (χ4v) is 2.37. The Labute approximate surface area is 115 Å². The Kier molecular flexibility index (Phi) is 4.93. The Balaban J connectivity index is 2.23. The summed E-state index contributed by atoms with van der Waals surface area (Å²) in [5, 5.41) is 0. The molecule has 1 aromatic carbocycles. The van der Waals surface area contributed by atoms with Crippen LogP contribution in [0.1, 0.15) is 25.6 Å². The van der Waals surface area contributed by atoms with E-state index in [1.165, 1.54) is 18.4 Å². The number of unbranched alkanes of at least 4 members (excludes halogenated alkanes) is 1. The van der Waals surface area contributed by atoms with Gasteiger partial charge in [-0.1, -0.05) is 25.5 Å². The number of fused-ring (bicyclic) bond motifs is 1. The Morgan fingerprint density at radius 3 is 2.84 bits per heavy atom. The summed E-state index contributed by atoms with van der Waals surface area (Å²) in [5.41, 5.74) is 7.98. The molecule has 0 radical (unpaired) electrons. The van der Waals surface area contributed by atoms with Crippen LogP contribution in [0.25, 0.3) is 11.0 Å². The van der Waals surface area contributed by atoms with E-state index >= 15 is 0 Å². The molecule has 0 amide bonds. The smallest absolute Gasteiger partial charge is 0.124 e. The largest absolute Gasteiger partial charge is 0.329 e. The molecule has 0 aliphatic carbocycles. The fourth-order valence-electron chi connectivity index (χ4n) is 2.37. The van der Waals surface area contributed by atoms with Crippen LogP contribution in [0.5, 0.6) is 0 Å². The van der Waals surface area contributed by atoms with Gasteiger partial charge in [-0.15, -0.1) is 0 Å². The van der Waals surface area contributed by atoms with Gasteiger partial charge in [0.25, 0.3) is 0 Å². The maximum atomic E-state index is 5.73. The van der Waals surface area contributed by atoms with Crippen molar-refractivity contribution in [1.82, 2.24) is 14.5 Å². The van der Waals surface area contributed by atoms with E-state index in [1.807, 2.05) is 6.07 Å². The van der Waals surface area contributed by atoms with Crippen LogP contribution in [0.2, 0.25) is 0 Å². The molecule has 0 atom stereocenters. The second-order valence-electron chi connectivity index (χ2n) is 5.05. The molecule has 2 aromatic rings. The van der Waals surface area contributed by atoms with E-state index in [1.54, 1.807) is 0 Å². The van der Waals surface area contributed by atoms with Crippen molar-refractivity contribution in [2.24, 2.45) is 5.73 Å². The Morgan fingerprint density at radius 2 is 2.11 bits per heavy atom. The van der Waals surface area contributed by atoms with Gasteiger partial charge in [0, 0.05) is 13.1 Å². The molecule has 1 aromatic heterocycles. The average Bonchev–Trinajstić information content (AvgIpc) is 2.75. The number of benzene rings is 1. The molecule has 104 valence electrons. The molecule has 4 heteroatoms. The first-order valence-electron chi connectivity index (χ1n) is 7.09. The zero-order valence-corrected chi connectivity index (χ0v) is 12.0. The van der Waals surface area contributed by atoms with E-state index in [0.29, 0.717) is 6.54 Å². The number of nitrogens with zero attached hydrogens (tertiary/aromatic N) is 3. The van der Waals surface area contributed by atoms with Crippen molar-refractivity contribution in [2.75, 3.05) is 20.1 Å². The van der Waals surface area contributed by atoms with Gasteiger partial charge in [0.05, 0.1) is 17.6 Å². The molecule has 0 saturated heterocycles. The molecule has 1 heterocycles. The van der Waals surface area contributed by atoms with Crippen LogP contribution in [0.15, 0.2) is 24.3 Å². The van der Waals surface area contributed by atoms with Gasteiger partial charge in [0.1, 0.15) is 5.82 Å². The molecule has 0 unspecified atom stereocenters. The molecule has 4 nitrogen and oxygen atoms in total. The van der Waals surface area contributed by atoms with Crippen molar-refractivity contribution in [3.63, 3.8) is 0 Å². The van der Waals surface area contributed by atoms with Gasteiger partial charge in [-0.25, -0.2) is 4.98 Å².